The van der Waals surface area contributed by atoms with Crippen LogP contribution in [0.3, 0.4) is 0 Å². The third kappa shape index (κ3) is 2.91. The summed E-state index contributed by atoms with van der Waals surface area (Å²) in [5.74, 6) is -0.252. The van der Waals surface area contributed by atoms with E-state index in [1.54, 1.807) is 23.3 Å². The predicted molar refractivity (Wildman–Crippen MR) is 66.6 cm³/mol. The molecule has 92 valence electrons. The van der Waals surface area contributed by atoms with Gasteiger partial charge in [0.2, 0.25) is 0 Å². The smallest absolute Gasteiger partial charge is 0.276 e. The van der Waals surface area contributed by atoms with Gasteiger partial charge in [-0.2, -0.15) is 0 Å². The van der Waals surface area contributed by atoms with Gasteiger partial charge in [0.05, 0.1) is 6.04 Å². The molecular weight excluding hydrogens is 241 g/mol. The molecule has 0 aromatic heterocycles. The minimum absolute atomic E-state index is 0.0479. The predicted octanol–water partition coefficient (Wildman–Crippen LogP) is 0.947. The molecule has 0 amide bonds. The van der Waals surface area contributed by atoms with E-state index >= 15 is 0 Å². The van der Waals surface area contributed by atoms with E-state index in [2.05, 4.69) is 5.32 Å². The van der Waals surface area contributed by atoms with Crippen molar-refractivity contribution in [2.45, 2.75) is 6.04 Å². The maximum absolute atomic E-state index is 13.7. The van der Waals surface area contributed by atoms with Gasteiger partial charge in [0.1, 0.15) is 5.82 Å². The standard InChI is InChI=1S/C11H14FN3OS/c12-9-4-2-1-3-8(9)10-7-14-5-6-15(10)16-11(13)17/h1-4,10,14H,5-7H2,(H2,13,17). The van der Waals surface area contributed by atoms with E-state index in [9.17, 15) is 4.39 Å². The Hall–Kier alpha value is -1.24. The monoisotopic (exact) mass is 255 g/mol. The quantitative estimate of drug-likeness (QED) is 0.771. The fraction of sp³-hybridized carbons (Fsp3) is 0.364. The maximum atomic E-state index is 13.7. The lowest BCUT2D eigenvalue weighted by Crippen LogP contribution is -2.47. The molecule has 0 spiro atoms. The van der Waals surface area contributed by atoms with Gasteiger partial charge in [0.25, 0.3) is 5.17 Å². The number of nitrogens with zero attached hydrogens (tertiary/aromatic N) is 1. The molecule has 1 fully saturated rings. The van der Waals surface area contributed by atoms with Crippen molar-refractivity contribution in [3.8, 4) is 0 Å². The highest BCUT2D eigenvalue weighted by atomic mass is 32.1. The Morgan fingerprint density at radius 3 is 3.00 bits per heavy atom. The van der Waals surface area contributed by atoms with Crippen LogP contribution in [-0.2, 0) is 4.84 Å². The van der Waals surface area contributed by atoms with E-state index in [-0.39, 0.29) is 17.0 Å². The summed E-state index contributed by atoms with van der Waals surface area (Å²) in [5, 5.41) is 4.77. The number of nitrogens with one attached hydrogen (secondary N) is 1. The molecule has 1 aliphatic rings. The zero-order chi connectivity index (χ0) is 12.3. The van der Waals surface area contributed by atoms with Crippen LogP contribution in [0, 0.1) is 5.82 Å². The van der Waals surface area contributed by atoms with Gasteiger partial charge < -0.3 is 15.9 Å². The van der Waals surface area contributed by atoms with E-state index < -0.39 is 0 Å². The summed E-state index contributed by atoms with van der Waals surface area (Å²) in [6.07, 6.45) is 0. The Balaban J connectivity index is 2.21. The largest absolute Gasteiger partial charge is 0.375 e. The molecule has 0 radical (unpaired) electrons. The number of benzene rings is 1. The Kier molecular flexibility index (Phi) is 3.88. The van der Waals surface area contributed by atoms with Gasteiger partial charge in [-0.25, -0.2) is 4.39 Å². The number of rotatable bonds is 2. The molecule has 1 saturated heterocycles. The van der Waals surface area contributed by atoms with Crippen LogP contribution in [-0.4, -0.2) is 29.9 Å². The first-order valence-electron chi connectivity index (χ1n) is 5.37. The van der Waals surface area contributed by atoms with Crippen LogP contribution in [0.1, 0.15) is 11.6 Å². The second kappa shape index (κ2) is 5.39. The maximum Gasteiger partial charge on any atom is 0.276 e. The summed E-state index contributed by atoms with van der Waals surface area (Å²) >= 11 is 4.71. The Labute approximate surface area is 104 Å². The summed E-state index contributed by atoms with van der Waals surface area (Å²) < 4.78 is 13.7. The summed E-state index contributed by atoms with van der Waals surface area (Å²) in [4.78, 5) is 5.25. The molecule has 0 bridgehead atoms. The highest BCUT2D eigenvalue weighted by Crippen LogP contribution is 2.24. The van der Waals surface area contributed by atoms with Gasteiger partial charge in [0, 0.05) is 25.2 Å². The first-order chi connectivity index (χ1) is 8.18. The third-order valence-corrected chi connectivity index (χ3v) is 2.74. The Morgan fingerprint density at radius 2 is 2.29 bits per heavy atom. The fourth-order valence-corrected chi connectivity index (χ4v) is 2.02. The van der Waals surface area contributed by atoms with E-state index in [1.807, 2.05) is 0 Å². The minimum atomic E-state index is -0.252. The van der Waals surface area contributed by atoms with E-state index in [1.165, 1.54) is 6.07 Å². The van der Waals surface area contributed by atoms with Crippen molar-refractivity contribution >= 4 is 17.4 Å². The molecule has 1 aromatic carbocycles. The number of hydroxylamine groups is 2. The first-order valence-corrected chi connectivity index (χ1v) is 5.78. The average molecular weight is 255 g/mol. The van der Waals surface area contributed by atoms with Crippen molar-refractivity contribution in [2.24, 2.45) is 5.73 Å². The fourth-order valence-electron chi connectivity index (χ4n) is 1.92. The van der Waals surface area contributed by atoms with Crippen molar-refractivity contribution in [2.75, 3.05) is 19.6 Å². The number of hydrogen-bond acceptors (Lipinski definition) is 4. The van der Waals surface area contributed by atoms with Gasteiger partial charge in [-0.1, -0.05) is 18.2 Å². The molecule has 3 N–H and O–H groups in total. The van der Waals surface area contributed by atoms with E-state index in [0.29, 0.717) is 18.7 Å². The van der Waals surface area contributed by atoms with Crippen molar-refractivity contribution in [1.82, 2.24) is 10.4 Å². The molecule has 1 aliphatic heterocycles. The van der Waals surface area contributed by atoms with Crippen LogP contribution in [0.25, 0.3) is 0 Å². The summed E-state index contributed by atoms with van der Waals surface area (Å²) in [7, 11) is 0. The van der Waals surface area contributed by atoms with Crippen LogP contribution < -0.4 is 11.1 Å². The number of thiocarbonyl (C=S) groups is 1. The van der Waals surface area contributed by atoms with E-state index in [4.69, 9.17) is 22.8 Å². The highest BCUT2D eigenvalue weighted by Gasteiger charge is 2.27. The molecule has 1 unspecified atom stereocenters. The molecule has 2 rings (SSSR count). The molecular formula is C11H14FN3OS. The molecule has 1 atom stereocenters. The molecule has 17 heavy (non-hydrogen) atoms. The van der Waals surface area contributed by atoms with Gasteiger partial charge in [-0.3, -0.25) is 0 Å². The zero-order valence-electron chi connectivity index (χ0n) is 9.23. The lowest BCUT2D eigenvalue weighted by Gasteiger charge is -2.34. The molecule has 4 nitrogen and oxygen atoms in total. The van der Waals surface area contributed by atoms with Gasteiger partial charge in [0.15, 0.2) is 0 Å². The SMILES string of the molecule is NC(=S)ON1CCNCC1c1ccccc1F. The minimum Gasteiger partial charge on any atom is -0.375 e. The molecule has 1 aromatic rings. The zero-order valence-corrected chi connectivity index (χ0v) is 10.0. The first kappa shape index (κ1) is 12.2. The molecule has 6 heteroatoms. The second-order valence-corrected chi connectivity index (χ2v) is 4.19. The summed E-state index contributed by atoms with van der Waals surface area (Å²) in [6.45, 7) is 1.97. The normalized spacial score (nSPS) is 21.1. The Bertz CT molecular complexity index is 415. The van der Waals surface area contributed by atoms with Crippen molar-refractivity contribution in [1.29, 1.82) is 0 Å². The van der Waals surface area contributed by atoms with Gasteiger partial charge in [-0.05, 0) is 18.3 Å². The van der Waals surface area contributed by atoms with Gasteiger partial charge in [-0.15, -0.1) is 5.06 Å². The lowest BCUT2D eigenvalue weighted by atomic mass is 10.0. The van der Waals surface area contributed by atoms with Crippen LogP contribution in [0.15, 0.2) is 24.3 Å². The van der Waals surface area contributed by atoms with Crippen molar-refractivity contribution in [3.05, 3.63) is 35.6 Å². The topological polar surface area (TPSA) is 50.5 Å². The average Bonchev–Trinajstić information content (AvgIpc) is 2.30. The number of piperazine rings is 1. The van der Waals surface area contributed by atoms with Crippen LogP contribution in [0.5, 0.6) is 0 Å². The van der Waals surface area contributed by atoms with E-state index in [0.717, 1.165) is 6.54 Å². The lowest BCUT2D eigenvalue weighted by molar-refractivity contribution is -0.120. The number of hydrogen-bond donors (Lipinski definition) is 2. The third-order valence-electron chi connectivity index (χ3n) is 2.67. The summed E-state index contributed by atoms with van der Waals surface area (Å²) in [5.41, 5.74) is 5.93. The van der Waals surface area contributed by atoms with Crippen LogP contribution in [0.2, 0.25) is 0 Å². The molecule has 1 heterocycles. The Morgan fingerprint density at radius 1 is 1.53 bits per heavy atom. The molecule has 0 aliphatic carbocycles. The van der Waals surface area contributed by atoms with Crippen LogP contribution >= 0.6 is 12.2 Å². The number of halogens is 1. The van der Waals surface area contributed by atoms with Gasteiger partial charge >= 0.3 is 0 Å². The summed E-state index contributed by atoms with van der Waals surface area (Å²) in [6, 6.07) is 6.41. The second-order valence-electron chi connectivity index (χ2n) is 3.79. The number of nitrogens with two attached hydrogens (primary N) is 1. The molecule has 0 saturated carbocycles. The van der Waals surface area contributed by atoms with Crippen LogP contribution in [0.4, 0.5) is 4.39 Å². The van der Waals surface area contributed by atoms with Crippen molar-refractivity contribution < 1.29 is 9.23 Å². The van der Waals surface area contributed by atoms with Crippen molar-refractivity contribution in [3.63, 3.8) is 0 Å². The highest BCUT2D eigenvalue weighted by molar-refractivity contribution is 7.79.